The molecular formula is C15H17N5O. The third-order valence-electron chi connectivity index (χ3n) is 3.73. The van der Waals surface area contributed by atoms with E-state index in [0.29, 0.717) is 17.3 Å². The van der Waals surface area contributed by atoms with Crippen molar-refractivity contribution in [3.8, 4) is 6.07 Å². The number of ether oxygens (including phenoxy) is 1. The van der Waals surface area contributed by atoms with Gasteiger partial charge in [0.05, 0.1) is 17.9 Å². The average Bonchev–Trinajstić information content (AvgIpc) is 3.13. The van der Waals surface area contributed by atoms with Crippen molar-refractivity contribution in [2.24, 2.45) is 13.0 Å². The van der Waals surface area contributed by atoms with E-state index >= 15 is 0 Å². The summed E-state index contributed by atoms with van der Waals surface area (Å²) in [4.78, 5) is 4.22. The van der Waals surface area contributed by atoms with E-state index in [1.165, 1.54) is 0 Å². The van der Waals surface area contributed by atoms with Crippen LogP contribution < -0.4 is 5.32 Å². The Labute approximate surface area is 123 Å². The lowest BCUT2D eigenvalue weighted by Gasteiger charge is -2.18. The Morgan fingerprint density at radius 3 is 3.24 bits per heavy atom. The number of aromatic nitrogens is 3. The Hall–Kier alpha value is -2.39. The second kappa shape index (κ2) is 5.94. The zero-order valence-corrected chi connectivity index (χ0v) is 11.9. The molecule has 21 heavy (non-hydrogen) atoms. The van der Waals surface area contributed by atoms with Crippen LogP contribution in [0.25, 0.3) is 0 Å². The molecule has 1 N–H and O–H groups in total. The van der Waals surface area contributed by atoms with Gasteiger partial charge in [0.25, 0.3) is 0 Å². The van der Waals surface area contributed by atoms with Crippen molar-refractivity contribution >= 4 is 5.82 Å². The maximum Gasteiger partial charge on any atom is 0.143 e. The van der Waals surface area contributed by atoms with Gasteiger partial charge >= 0.3 is 0 Å². The van der Waals surface area contributed by atoms with Crippen molar-refractivity contribution in [3.63, 3.8) is 0 Å². The minimum absolute atomic E-state index is 0.0560. The van der Waals surface area contributed by atoms with E-state index in [1.54, 1.807) is 23.0 Å². The molecule has 1 saturated heterocycles. The molecule has 1 aliphatic rings. The number of nitriles is 1. The lowest BCUT2D eigenvalue weighted by molar-refractivity contribution is 0.0932. The summed E-state index contributed by atoms with van der Waals surface area (Å²) in [6, 6.07) is 5.68. The average molecular weight is 283 g/mol. The molecule has 3 rings (SSSR count). The van der Waals surface area contributed by atoms with Crippen LogP contribution in [0.5, 0.6) is 0 Å². The Morgan fingerprint density at radius 1 is 1.57 bits per heavy atom. The van der Waals surface area contributed by atoms with Crippen molar-refractivity contribution in [2.75, 3.05) is 18.5 Å². The summed E-state index contributed by atoms with van der Waals surface area (Å²) in [5, 5.41) is 16.6. The number of hydrogen-bond donors (Lipinski definition) is 1. The highest BCUT2D eigenvalue weighted by atomic mass is 16.5. The second-order valence-electron chi connectivity index (χ2n) is 5.18. The highest BCUT2D eigenvalue weighted by molar-refractivity contribution is 5.51. The summed E-state index contributed by atoms with van der Waals surface area (Å²) in [6.45, 7) is 1.48. The van der Waals surface area contributed by atoms with Crippen molar-refractivity contribution in [2.45, 2.75) is 12.5 Å². The molecule has 3 heterocycles. The van der Waals surface area contributed by atoms with Gasteiger partial charge in [0, 0.05) is 44.1 Å². The highest BCUT2D eigenvalue weighted by Gasteiger charge is 2.30. The molecule has 0 saturated carbocycles. The molecule has 108 valence electrons. The molecule has 0 aliphatic carbocycles. The number of nitrogens with zero attached hydrogens (tertiary/aromatic N) is 4. The molecule has 0 aromatic carbocycles. The summed E-state index contributed by atoms with van der Waals surface area (Å²) >= 11 is 0. The third-order valence-corrected chi connectivity index (χ3v) is 3.73. The van der Waals surface area contributed by atoms with Crippen LogP contribution in [0, 0.1) is 17.2 Å². The molecule has 0 bridgehead atoms. The summed E-state index contributed by atoms with van der Waals surface area (Å²) in [6.07, 6.45) is 6.57. The molecule has 2 aromatic heterocycles. The maximum absolute atomic E-state index is 9.08. The van der Waals surface area contributed by atoms with Gasteiger partial charge in [0.15, 0.2) is 0 Å². The van der Waals surface area contributed by atoms with Crippen molar-refractivity contribution in [1.82, 2.24) is 14.8 Å². The normalized spacial score (nSPS) is 21.1. The first-order valence-corrected chi connectivity index (χ1v) is 6.97. The highest BCUT2D eigenvalue weighted by Crippen LogP contribution is 2.34. The van der Waals surface area contributed by atoms with Gasteiger partial charge in [-0.1, -0.05) is 0 Å². The van der Waals surface area contributed by atoms with E-state index in [0.717, 1.165) is 25.1 Å². The summed E-state index contributed by atoms with van der Waals surface area (Å²) in [5.74, 6) is 0.986. The van der Waals surface area contributed by atoms with Crippen molar-refractivity contribution in [1.29, 1.82) is 5.26 Å². The summed E-state index contributed by atoms with van der Waals surface area (Å²) < 4.78 is 7.62. The van der Waals surface area contributed by atoms with Crippen LogP contribution in [0.15, 0.2) is 30.7 Å². The van der Waals surface area contributed by atoms with Gasteiger partial charge in [0.2, 0.25) is 0 Å². The van der Waals surface area contributed by atoms with E-state index in [4.69, 9.17) is 10.00 Å². The first-order chi connectivity index (χ1) is 10.3. The van der Waals surface area contributed by atoms with Crippen LogP contribution in [0.3, 0.4) is 0 Å². The molecule has 1 fully saturated rings. The molecule has 1 aliphatic heterocycles. The number of hydrogen-bond acceptors (Lipinski definition) is 5. The predicted molar refractivity (Wildman–Crippen MR) is 77.4 cm³/mol. The Kier molecular flexibility index (Phi) is 3.84. The SMILES string of the molecule is Cn1cc([C@@H]2OCC[C@H]2CNc2ncccc2C#N)cn1. The lowest BCUT2D eigenvalue weighted by Crippen LogP contribution is -2.18. The standard InChI is InChI=1S/C15H17N5O/c1-20-10-13(9-19-20)14-12(4-6-21-14)8-18-15-11(7-16)3-2-5-17-15/h2-3,5,9-10,12,14H,4,6,8H2,1H3,(H,17,18)/t12-,14+/m0/s1. The lowest BCUT2D eigenvalue weighted by atomic mass is 9.97. The second-order valence-corrected chi connectivity index (χ2v) is 5.18. The molecule has 0 radical (unpaired) electrons. The number of anilines is 1. The molecule has 0 unspecified atom stereocenters. The Morgan fingerprint density at radius 2 is 2.48 bits per heavy atom. The number of rotatable bonds is 4. The fourth-order valence-corrected chi connectivity index (χ4v) is 2.66. The molecule has 6 nitrogen and oxygen atoms in total. The molecule has 0 amide bonds. The van der Waals surface area contributed by atoms with Crippen LogP contribution in [0.1, 0.15) is 23.7 Å². The van der Waals surface area contributed by atoms with E-state index in [2.05, 4.69) is 21.5 Å². The summed E-state index contributed by atoms with van der Waals surface area (Å²) in [7, 11) is 1.90. The molecule has 2 atom stereocenters. The van der Waals surface area contributed by atoms with Gasteiger partial charge < -0.3 is 10.1 Å². The quantitative estimate of drug-likeness (QED) is 0.927. The van der Waals surface area contributed by atoms with Crippen LogP contribution in [-0.4, -0.2) is 27.9 Å². The Bertz CT molecular complexity index is 660. The fourth-order valence-electron chi connectivity index (χ4n) is 2.66. The monoisotopic (exact) mass is 283 g/mol. The number of aryl methyl sites for hydroxylation is 1. The largest absolute Gasteiger partial charge is 0.373 e. The van der Waals surface area contributed by atoms with Gasteiger partial charge in [-0.05, 0) is 18.6 Å². The minimum atomic E-state index is 0.0560. The van der Waals surface area contributed by atoms with E-state index in [1.807, 2.05) is 19.4 Å². The molecule has 2 aromatic rings. The summed E-state index contributed by atoms with van der Waals surface area (Å²) in [5.41, 5.74) is 1.66. The van der Waals surface area contributed by atoms with Gasteiger partial charge in [-0.25, -0.2) is 4.98 Å². The van der Waals surface area contributed by atoms with E-state index < -0.39 is 0 Å². The zero-order valence-electron chi connectivity index (χ0n) is 11.9. The van der Waals surface area contributed by atoms with Gasteiger partial charge in [-0.15, -0.1) is 0 Å². The van der Waals surface area contributed by atoms with Gasteiger partial charge in [-0.2, -0.15) is 10.4 Å². The van der Waals surface area contributed by atoms with Crippen LogP contribution in [0.4, 0.5) is 5.82 Å². The third kappa shape index (κ3) is 2.88. The van der Waals surface area contributed by atoms with Crippen molar-refractivity contribution < 1.29 is 4.74 Å². The minimum Gasteiger partial charge on any atom is -0.373 e. The van der Waals surface area contributed by atoms with Gasteiger partial charge in [-0.3, -0.25) is 4.68 Å². The van der Waals surface area contributed by atoms with Gasteiger partial charge in [0.1, 0.15) is 11.9 Å². The molecule has 6 heteroatoms. The predicted octanol–water partition coefficient (Wildman–Crippen LogP) is 1.88. The number of nitrogens with one attached hydrogen (secondary N) is 1. The fraction of sp³-hybridized carbons (Fsp3) is 0.400. The van der Waals surface area contributed by atoms with Crippen molar-refractivity contribution in [3.05, 3.63) is 41.9 Å². The van der Waals surface area contributed by atoms with Crippen LogP contribution in [-0.2, 0) is 11.8 Å². The number of pyridine rings is 1. The first-order valence-electron chi connectivity index (χ1n) is 6.97. The van der Waals surface area contributed by atoms with E-state index in [9.17, 15) is 0 Å². The maximum atomic E-state index is 9.08. The smallest absolute Gasteiger partial charge is 0.143 e. The van der Waals surface area contributed by atoms with Crippen LogP contribution in [0.2, 0.25) is 0 Å². The molecule has 0 spiro atoms. The molecular weight excluding hydrogens is 266 g/mol. The first kappa shape index (κ1) is 13.6. The van der Waals surface area contributed by atoms with E-state index in [-0.39, 0.29) is 6.10 Å². The zero-order chi connectivity index (χ0) is 14.7. The Balaban J connectivity index is 1.68. The topological polar surface area (TPSA) is 75.8 Å². The van der Waals surface area contributed by atoms with Crippen LogP contribution >= 0.6 is 0 Å².